The van der Waals surface area contributed by atoms with Crippen LogP contribution in [0, 0.1) is 13.8 Å². The summed E-state index contributed by atoms with van der Waals surface area (Å²) in [5, 5.41) is 0. The smallest absolute Gasteiger partial charge is 0.260 e. The largest absolute Gasteiger partial charge is 0.483 e. The summed E-state index contributed by atoms with van der Waals surface area (Å²) in [6.45, 7) is 8.38. The van der Waals surface area contributed by atoms with Crippen LogP contribution in [0.4, 0.5) is 0 Å². The minimum atomic E-state index is 0.0467. The molecule has 6 nitrogen and oxygen atoms in total. The third kappa shape index (κ3) is 4.07. The molecule has 28 heavy (non-hydrogen) atoms. The maximum absolute atomic E-state index is 12.5. The molecular weight excluding hydrogens is 356 g/mol. The van der Waals surface area contributed by atoms with Crippen LogP contribution in [0.15, 0.2) is 36.4 Å². The van der Waals surface area contributed by atoms with E-state index in [1.54, 1.807) is 0 Å². The summed E-state index contributed by atoms with van der Waals surface area (Å²) in [5.41, 5.74) is 3.31. The van der Waals surface area contributed by atoms with Crippen LogP contribution in [0.5, 0.6) is 17.2 Å². The standard InChI is InChI=1S/C22H26N2O4/c1-16-4-3-5-17(2)22(16)26-14-21(25)24-10-8-23(9-11-24)13-18-6-7-19-20(12-18)28-15-27-19/h3-7,12H,8-11,13-15H2,1-2H3. The Bertz CT molecular complexity index is 839. The molecular formula is C22H26N2O4. The highest BCUT2D eigenvalue weighted by Crippen LogP contribution is 2.32. The van der Waals surface area contributed by atoms with Crippen LogP contribution < -0.4 is 14.2 Å². The number of nitrogens with zero attached hydrogens (tertiary/aromatic N) is 2. The van der Waals surface area contributed by atoms with Crippen LogP contribution in [-0.4, -0.2) is 55.3 Å². The van der Waals surface area contributed by atoms with E-state index in [2.05, 4.69) is 11.0 Å². The molecule has 2 heterocycles. The normalized spacial score (nSPS) is 16.3. The number of para-hydroxylation sites is 1. The van der Waals surface area contributed by atoms with E-state index >= 15 is 0 Å². The maximum Gasteiger partial charge on any atom is 0.260 e. The van der Waals surface area contributed by atoms with Gasteiger partial charge >= 0.3 is 0 Å². The predicted octanol–water partition coefficient (Wildman–Crippen LogP) is 2.76. The molecule has 1 saturated heterocycles. The van der Waals surface area contributed by atoms with Gasteiger partial charge in [0.1, 0.15) is 5.75 Å². The fourth-order valence-corrected chi connectivity index (χ4v) is 3.70. The van der Waals surface area contributed by atoms with Crippen molar-refractivity contribution >= 4 is 5.91 Å². The minimum Gasteiger partial charge on any atom is -0.483 e. The molecule has 2 aromatic rings. The molecule has 2 aromatic carbocycles. The summed E-state index contributed by atoms with van der Waals surface area (Å²) < 4.78 is 16.6. The van der Waals surface area contributed by atoms with Gasteiger partial charge in [0.15, 0.2) is 18.1 Å². The molecule has 0 aromatic heterocycles. The number of benzene rings is 2. The van der Waals surface area contributed by atoms with E-state index in [0.717, 1.165) is 61.1 Å². The van der Waals surface area contributed by atoms with E-state index in [0.29, 0.717) is 6.79 Å². The number of ether oxygens (including phenoxy) is 3. The molecule has 0 spiro atoms. The molecule has 0 aliphatic carbocycles. The highest BCUT2D eigenvalue weighted by molar-refractivity contribution is 5.78. The minimum absolute atomic E-state index is 0.0467. The van der Waals surface area contributed by atoms with Gasteiger partial charge in [0.25, 0.3) is 5.91 Å². The fourth-order valence-electron chi connectivity index (χ4n) is 3.70. The van der Waals surface area contributed by atoms with E-state index in [4.69, 9.17) is 14.2 Å². The zero-order chi connectivity index (χ0) is 19.5. The lowest BCUT2D eigenvalue weighted by molar-refractivity contribution is -0.135. The number of carbonyl (C=O) groups excluding carboxylic acids is 1. The highest BCUT2D eigenvalue weighted by atomic mass is 16.7. The first-order valence-corrected chi connectivity index (χ1v) is 9.68. The van der Waals surface area contributed by atoms with Gasteiger partial charge in [-0.3, -0.25) is 9.69 Å². The summed E-state index contributed by atoms with van der Waals surface area (Å²) in [6, 6.07) is 12.1. The van der Waals surface area contributed by atoms with Gasteiger partial charge in [-0.15, -0.1) is 0 Å². The number of rotatable bonds is 5. The van der Waals surface area contributed by atoms with Gasteiger partial charge in [-0.25, -0.2) is 0 Å². The summed E-state index contributed by atoms with van der Waals surface area (Å²) in [6.07, 6.45) is 0. The quantitative estimate of drug-likeness (QED) is 0.796. The van der Waals surface area contributed by atoms with Crippen LogP contribution in [0.1, 0.15) is 16.7 Å². The van der Waals surface area contributed by atoms with Crippen molar-refractivity contribution in [3.05, 3.63) is 53.1 Å². The number of aryl methyl sites for hydroxylation is 2. The van der Waals surface area contributed by atoms with Crippen molar-refractivity contribution in [3.8, 4) is 17.2 Å². The number of hydrogen-bond acceptors (Lipinski definition) is 5. The lowest BCUT2D eigenvalue weighted by Crippen LogP contribution is -2.49. The lowest BCUT2D eigenvalue weighted by Gasteiger charge is -2.34. The maximum atomic E-state index is 12.5. The van der Waals surface area contributed by atoms with E-state index in [9.17, 15) is 4.79 Å². The Morgan fingerprint density at radius 1 is 1.00 bits per heavy atom. The molecule has 4 rings (SSSR count). The number of hydrogen-bond donors (Lipinski definition) is 0. The second-order valence-corrected chi connectivity index (χ2v) is 7.35. The van der Waals surface area contributed by atoms with Crippen LogP contribution in [-0.2, 0) is 11.3 Å². The van der Waals surface area contributed by atoms with Crippen molar-refractivity contribution in [2.75, 3.05) is 39.6 Å². The first-order valence-electron chi connectivity index (χ1n) is 9.68. The SMILES string of the molecule is Cc1cccc(C)c1OCC(=O)N1CCN(Cc2ccc3c(c2)OCO3)CC1. The molecule has 0 unspecified atom stereocenters. The average molecular weight is 382 g/mol. The van der Waals surface area contributed by atoms with E-state index < -0.39 is 0 Å². The van der Waals surface area contributed by atoms with E-state index in [1.165, 1.54) is 5.56 Å². The average Bonchev–Trinajstić information content (AvgIpc) is 3.16. The zero-order valence-corrected chi connectivity index (χ0v) is 16.4. The Kier molecular flexibility index (Phi) is 5.39. The Hall–Kier alpha value is -2.73. The molecule has 0 bridgehead atoms. The van der Waals surface area contributed by atoms with Gasteiger partial charge in [0, 0.05) is 32.7 Å². The number of amides is 1. The summed E-state index contributed by atoms with van der Waals surface area (Å²) in [4.78, 5) is 16.8. The fraction of sp³-hybridized carbons (Fsp3) is 0.409. The summed E-state index contributed by atoms with van der Waals surface area (Å²) in [5.74, 6) is 2.49. The van der Waals surface area contributed by atoms with Gasteiger partial charge in [-0.05, 0) is 42.7 Å². The monoisotopic (exact) mass is 382 g/mol. The van der Waals surface area contributed by atoms with Crippen molar-refractivity contribution in [2.45, 2.75) is 20.4 Å². The Balaban J connectivity index is 1.26. The van der Waals surface area contributed by atoms with Crippen molar-refractivity contribution in [3.63, 3.8) is 0 Å². The van der Waals surface area contributed by atoms with E-state index in [-0.39, 0.29) is 12.5 Å². The topological polar surface area (TPSA) is 51.2 Å². The molecule has 0 atom stereocenters. The molecule has 6 heteroatoms. The molecule has 2 aliphatic heterocycles. The predicted molar refractivity (Wildman–Crippen MR) is 106 cm³/mol. The molecule has 148 valence electrons. The van der Waals surface area contributed by atoms with E-state index in [1.807, 2.05) is 49.1 Å². The zero-order valence-electron chi connectivity index (χ0n) is 16.4. The van der Waals surface area contributed by atoms with Gasteiger partial charge in [-0.2, -0.15) is 0 Å². The Labute approximate surface area is 165 Å². The van der Waals surface area contributed by atoms with Gasteiger partial charge in [-0.1, -0.05) is 24.3 Å². The Morgan fingerprint density at radius 3 is 2.46 bits per heavy atom. The Morgan fingerprint density at radius 2 is 1.71 bits per heavy atom. The van der Waals surface area contributed by atoms with Crippen LogP contribution in [0.25, 0.3) is 0 Å². The molecule has 0 radical (unpaired) electrons. The third-order valence-electron chi connectivity index (χ3n) is 5.32. The van der Waals surface area contributed by atoms with Crippen molar-refractivity contribution in [1.29, 1.82) is 0 Å². The number of fused-ring (bicyclic) bond motifs is 1. The summed E-state index contributed by atoms with van der Waals surface area (Å²) in [7, 11) is 0. The third-order valence-corrected chi connectivity index (χ3v) is 5.32. The van der Waals surface area contributed by atoms with Crippen LogP contribution >= 0.6 is 0 Å². The van der Waals surface area contributed by atoms with Crippen molar-refractivity contribution in [2.24, 2.45) is 0 Å². The van der Waals surface area contributed by atoms with Gasteiger partial charge in [0.2, 0.25) is 6.79 Å². The number of carbonyl (C=O) groups is 1. The highest BCUT2D eigenvalue weighted by Gasteiger charge is 2.22. The molecule has 1 fully saturated rings. The van der Waals surface area contributed by atoms with Gasteiger partial charge in [0.05, 0.1) is 0 Å². The van der Waals surface area contributed by atoms with Crippen LogP contribution in [0.3, 0.4) is 0 Å². The second-order valence-electron chi connectivity index (χ2n) is 7.35. The second kappa shape index (κ2) is 8.10. The van der Waals surface area contributed by atoms with Crippen molar-refractivity contribution < 1.29 is 19.0 Å². The lowest BCUT2D eigenvalue weighted by atomic mass is 10.1. The van der Waals surface area contributed by atoms with Gasteiger partial charge < -0.3 is 19.1 Å². The molecule has 1 amide bonds. The molecule has 0 N–H and O–H groups in total. The molecule has 2 aliphatic rings. The first-order chi connectivity index (χ1) is 13.6. The summed E-state index contributed by atoms with van der Waals surface area (Å²) >= 11 is 0. The molecule has 0 saturated carbocycles. The first kappa shape index (κ1) is 18.6. The van der Waals surface area contributed by atoms with Crippen LogP contribution in [0.2, 0.25) is 0 Å². The number of piperazine rings is 1. The van der Waals surface area contributed by atoms with Crippen molar-refractivity contribution in [1.82, 2.24) is 9.80 Å².